The number of carbonyl (C=O) groups excluding carboxylic acids is 2. The van der Waals surface area contributed by atoms with Crippen molar-refractivity contribution in [2.75, 3.05) is 17.6 Å². The summed E-state index contributed by atoms with van der Waals surface area (Å²) in [6, 6.07) is 10.5. The molecular formula is C28H34F2N4O6S2. The lowest BCUT2D eigenvalue weighted by Gasteiger charge is -2.33. The van der Waals surface area contributed by atoms with Gasteiger partial charge in [-0.2, -0.15) is 0 Å². The number of carbonyl (C=O) groups is 2. The van der Waals surface area contributed by atoms with Crippen molar-refractivity contribution in [3.63, 3.8) is 0 Å². The van der Waals surface area contributed by atoms with Crippen LogP contribution in [0.5, 0.6) is 0 Å². The fourth-order valence-corrected chi connectivity index (χ4v) is 5.88. The number of benzene rings is 2. The summed E-state index contributed by atoms with van der Waals surface area (Å²) in [6.45, 7) is 3.56. The number of aliphatic hydroxyl groups is 2. The van der Waals surface area contributed by atoms with Crippen LogP contribution >= 0.6 is 11.3 Å². The molecule has 1 aromatic heterocycles. The molecule has 0 saturated carbocycles. The van der Waals surface area contributed by atoms with E-state index < -0.39 is 63.6 Å². The summed E-state index contributed by atoms with van der Waals surface area (Å²) in [5, 5.41) is 29.1. The minimum atomic E-state index is -3.65. The first-order valence-electron chi connectivity index (χ1n) is 13.0. The normalized spacial score (nSPS) is 14.6. The summed E-state index contributed by atoms with van der Waals surface area (Å²) in [5.74, 6) is -4.67. The molecule has 4 N–H and O–H groups in total. The lowest BCUT2D eigenvalue weighted by molar-refractivity contribution is -0.135. The Labute approximate surface area is 247 Å². The van der Waals surface area contributed by atoms with Crippen LogP contribution in [0, 0.1) is 23.5 Å². The highest BCUT2D eigenvalue weighted by molar-refractivity contribution is 7.92. The van der Waals surface area contributed by atoms with Crippen LogP contribution < -0.4 is 14.9 Å². The number of nitrogens with one attached hydrogen (secondary N) is 2. The van der Waals surface area contributed by atoms with E-state index >= 15 is 0 Å². The summed E-state index contributed by atoms with van der Waals surface area (Å²) in [4.78, 5) is 30.3. The maximum absolute atomic E-state index is 14.0. The highest BCUT2D eigenvalue weighted by atomic mass is 32.2. The predicted octanol–water partition coefficient (Wildman–Crippen LogP) is 2.47. The smallest absolute Gasteiger partial charge is 0.271 e. The number of thiazole rings is 1. The standard InChI is InChI=1S/C28H34F2N4O6S2/c1-16(2)23(27(38)31-14-17-8-6-5-7-9-17)25(36)24(35)21(12-18-10-19(29)13-20(30)11-18)32-26(37)22-15-41-28(33-22)34(3)42(4,39)40/h5-11,13,15-16,21,23-25,35-36H,12,14H2,1-4H3,(H,31,38)(H,32,37)/t21-,23+,24+,25+/m0/s1. The van der Waals surface area contributed by atoms with E-state index in [9.17, 15) is 37.0 Å². The molecule has 3 aromatic rings. The third-order valence-corrected chi connectivity index (χ3v) is 8.85. The molecule has 3 rings (SSSR count). The van der Waals surface area contributed by atoms with E-state index in [4.69, 9.17) is 0 Å². The van der Waals surface area contributed by atoms with Gasteiger partial charge in [-0.25, -0.2) is 26.5 Å². The first-order valence-corrected chi connectivity index (χ1v) is 15.7. The van der Waals surface area contributed by atoms with Gasteiger partial charge in [-0.3, -0.25) is 9.59 Å². The van der Waals surface area contributed by atoms with Crippen LogP contribution in [0.25, 0.3) is 0 Å². The van der Waals surface area contributed by atoms with Crippen molar-refractivity contribution in [1.82, 2.24) is 15.6 Å². The highest BCUT2D eigenvalue weighted by Gasteiger charge is 2.39. The molecule has 0 bridgehead atoms. The van der Waals surface area contributed by atoms with E-state index in [1.54, 1.807) is 13.8 Å². The van der Waals surface area contributed by atoms with E-state index in [0.29, 0.717) is 6.07 Å². The summed E-state index contributed by atoms with van der Waals surface area (Å²) < 4.78 is 52.5. The maximum atomic E-state index is 14.0. The zero-order valence-electron chi connectivity index (χ0n) is 23.5. The number of hydrogen-bond donors (Lipinski definition) is 4. The first kappa shape index (κ1) is 33.0. The number of anilines is 1. The van der Waals surface area contributed by atoms with Crippen molar-refractivity contribution >= 4 is 38.3 Å². The number of sulfonamides is 1. The van der Waals surface area contributed by atoms with Gasteiger partial charge in [0.05, 0.1) is 24.3 Å². The van der Waals surface area contributed by atoms with Crippen molar-refractivity contribution in [2.24, 2.45) is 11.8 Å². The van der Waals surface area contributed by atoms with Gasteiger partial charge >= 0.3 is 0 Å². The third kappa shape index (κ3) is 8.77. The summed E-state index contributed by atoms with van der Waals surface area (Å²) in [7, 11) is -2.38. The Kier molecular flexibility index (Phi) is 11.1. The minimum Gasteiger partial charge on any atom is -0.390 e. The molecule has 0 unspecified atom stereocenters. The lowest BCUT2D eigenvalue weighted by Crippen LogP contribution is -2.55. The van der Waals surface area contributed by atoms with Crippen molar-refractivity contribution in [3.05, 3.63) is 82.4 Å². The monoisotopic (exact) mass is 624 g/mol. The number of nitrogens with zero attached hydrogens (tertiary/aromatic N) is 2. The number of aromatic nitrogens is 1. The first-order chi connectivity index (χ1) is 19.7. The van der Waals surface area contributed by atoms with Crippen LogP contribution in [-0.4, -0.2) is 67.0 Å². The lowest BCUT2D eigenvalue weighted by atomic mass is 9.83. The van der Waals surface area contributed by atoms with E-state index in [2.05, 4.69) is 15.6 Å². The second-order valence-electron chi connectivity index (χ2n) is 10.3. The number of amides is 2. The van der Waals surface area contributed by atoms with Gasteiger partial charge in [0, 0.05) is 25.0 Å². The fraction of sp³-hybridized carbons (Fsp3) is 0.393. The quantitative estimate of drug-likeness (QED) is 0.228. The Balaban J connectivity index is 1.86. The third-order valence-electron chi connectivity index (χ3n) is 6.65. The Morgan fingerprint density at radius 1 is 1.02 bits per heavy atom. The fourth-order valence-electron chi connectivity index (χ4n) is 4.34. The molecule has 0 aliphatic carbocycles. The van der Waals surface area contributed by atoms with Crippen LogP contribution in [0.15, 0.2) is 53.9 Å². The molecule has 0 saturated heterocycles. The zero-order valence-corrected chi connectivity index (χ0v) is 25.1. The number of aliphatic hydroxyl groups excluding tert-OH is 2. The van der Waals surface area contributed by atoms with Gasteiger partial charge in [-0.15, -0.1) is 11.3 Å². The van der Waals surface area contributed by atoms with Gasteiger partial charge in [0.2, 0.25) is 15.9 Å². The topological polar surface area (TPSA) is 149 Å². The van der Waals surface area contributed by atoms with Gasteiger partial charge in [0.15, 0.2) is 5.13 Å². The van der Waals surface area contributed by atoms with Crippen molar-refractivity contribution in [1.29, 1.82) is 0 Å². The molecule has 4 atom stereocenters. The molecule has 14 heteroatoms. The summed E-state index contributed by atoms with van der Waals surface area (Å²) in [6.07, 6.45) is -2.78. The Hall–Kier alpha value is -3.46. The second-order valence-corrected chi connectivity index (χ2v) is 13.1. The molecule has 0 spiro atoms. The molecule has 228 valence electrons. The molecule has 42 heavy (non-hydrogen) atoms. The second kappa shape index (κ2) is 14.1. The number of hydrogen-bond acceptors (Lipinski definition) is 8. The Morgan fingerprint density at radius 2 is 1.64 bits per heavy atom. The van der Waals surface area contributed by atoms with Gasteiger partial charge in [-0.1, -0.05) is 44.2 Å². The van der Waals surface area contributed by atoms with Crippen molar-refractivity contribution in [2.45, 2.75) is 45.1 Å². The van der Waals surface area contributed by atoms with Crippen molar-refractivity contribution < 1.29 is 37.0 Å². The largest absolute Gasteiger partial charge is 0.390 e. The minimum absolute atomic E-state index is 0.0157. The SMILES string of the molecule is CC(C)[C@@H](C(=O)NCc1ccccc1)[C@@H](O)[C@H](O)[C@H](Cc1cc(F)cc(F)c1)NC(=O)c1csc(N(C)S(C)(=O)=O)n1. The number of halogens is 2. The summed E-state index contributed by atoms with van der Waals surface area (Å²) in [5.41, 5.74) is 0.726. The van der Waals surface area contributed by atoms with Crippen LogP contribution in [0.2, 0.25) is 0 Å². The highest BCUT2D eigenvalue weighted by Crippen LogP contribution is 2.24. The van der Waals surface area contributed by atoms with Gasteiger partial charge in [-0.05, 0) is 35.6 Å². The Bertz CT molecular complexity index is 1470. The van der Waals surface area contributed by atoms with Crippen LogP contribution in [0.4, 0.5) is 13.9 Å². The van der Waals surface area contributed by atoms with Crippen LogP contribution in [0.1, 0.15) is 35.5 Å². The van der Waals surface area contributed by atoms with Gasteiger partial charge in [0.1, 0.15) is 23.4 Å². The average Bonchev–Trinajstić information content (AvgIpc) is 3.40. The Morgan fingerprint density at radius 3 is 2.21 bits per heavy atom. The van der Waals surface area contributed by atoms with Gasteiger partial charge < -0.3 is 20.8 Å². The molecule has 2 aromatic carbocycles. The molecule has 0 radical (unpaired) electrons. The molecule has 0 fully saturated rings. The van der Waals surface area contributed by atoms with E-state index in [-0.39, 0.29) is 29.4 Å². The molecule has 2 amide bonds. The molecular weight excluding hydrogens is 590 g/mol. The average molecular weight is 625 g/mol. The maximum Gasteiger partial charge on any atom is 0.271 e. The molecule has 0 aliphatic heterocycles. The van der Waals surface area contributed by atoms with E-state index in [1.807, 2.05) is 30.3 Å². The van der Waals surface area contributed by atoms with Crippen LogP contribution in [0.3, 0.4) is 0 Å². The molecule has 1 heterocycles. The van der Waals surface area contributed by atoms with E-state index in [0.717, 1.165) is 39.6 Å². The van der Waals surface area contributed by atoms with E-state index in [1.165, 1.54) is 12.4 Å². The van der Waals surface area contributed by atoms with Gasteiger partial charge in [0.25, 0.3) is 5.91 Å². The van der Waals surface area contributed by atoms with Crippen LogP contribution in [-0.2, 0) is 27.8 Å². The molecule has 10 nitrogen and oxygen atoms in total. The number of rotatable bonds is 13. The molecule has 0 aliphatic rings. The van der Waals surface area contributed by atoms with Crippen molar-refractivity contribution in [3.8, 4) is 0 Å². The zero-order chi connectivity index (χ0) is 31.2. The predicted molar refractivity (Wildman–Crippen MR) is 155 cm³/mol. The summed E-state index contributed by atoms with van der Waals surface area (Å²) >= 11 is 0.890.